The lowest BCUT2D eigenvalue weighted by Crippen LogP contribution is -2.37. The Bertz CT molecular complexity index is 927. The monoisotopic (exact) mass is 411 g/mol. The smallest absolute Gasteiger partial charge is 0.276 e. The van der Waals surface area contributed by atoms with Crippen molar-refractivity contribution in [3.8, 4) is 0 Å². The zero-order valence-electron chi connectivity index (χ0n) is 16.8. The molecular weight excluding hydrogens is 385 g/mol. The van der Waals surface area contributed by atoms with E-state index in [1.165, 1.54) is 18.2 Å². The number of carbonyl (C=O) groups excluding carboxylic acids is 2. The van der Waals surface area contributed by atoms with E-state index < -0.39 is 0 Å². The molecule has 1 saturated heterocycles. The van der Waals surface area contributed by atoms with E-state index in [4.69, 9.17) is 0 Å². The van der Waals surface area contributed by atoms with Crippen LogP contribution in [0.4, 0.5) is 4.39 Å². The first-order chi connectivity index (χ1) is 14.6. The van der Waals surface area contributed by atoms with Gasteiger partial charge in [0.2, 0.25) is 5.91 Å². The molecule has 1 aromatic heterocycles. The van der Waals surface area contributed by atoms with Crippen molar-refractivity contribution in [1.29, 1.82) is 0 Å². The summed E-state index contributed by atoms with van der Waals surface area (Å²) in [5.74, 6) is -0.541. The van der Waals surface area contributed by atoms with Gasteiger partial charge in [0.25, 0.3) is 5.91 Å². The van der Waals surface area contributed by atoms with E-state index in [0.717, 1.165) is 51.6 Å². The summed E-state index contributed by atoms with van der Waals surface area (Å²) < 4.78 is 15.0. The third kappa shape index (κ3) is 4.93. The molecule has 1 saturated carbocycles. The molecule has 0 spiro atoms. The molecule has 7 nitrogen and oxygen atoms in total. The Morgan fingerprint density at radius 1 is 1.13 bits per heavy atom. The van der Waals surface area contributed by atoms with Crippen molar-refractivity contribution in [2.24, 2.45) is 0 Å². The molecule has 2 aromatic rings. The van der Waals surface area contributed by atoms with Crippen LogP contribution in [0, 0.1) is 5.82 Å². The SMILES string of the molecule is O=C(C=Cc1cccc(F)c1)NC1CCC(n2cc(C(=O)N3CCCC3)nn2)CC1. The van der Waals surface area contributed by atoms with Gasteiger partial charge in [0.05, 0.1) is 12.2 Å². The quantitative estimate of drug-likeness (QED) is 0.767. The summed E-state index contributed by atoms with van der Waals surface area (Å²) in [6.07, 6.45) is 10.3. The van der Waals surface area contributed by atoms with Gasteiger partial charge < -0.3 is 10.2 Å². The second-order valence-electron chi connectivity index (χ2n) is 7.99. The van der Waals surface area contributed by atoms with Gasteiger partial charge in [-0.15, -0.1) is 5.10 Å². The Balaban J connectivity index is 1.26. The highest BCUT2D eigenvalue weighted by Gasteiger charge is 2.26. The van der Waals surface area contributed by atoms with Crippen LogP contribution in [-0.4, -0.2) is 50.8 Å². The van der Waals surface area contributed by atoms with Crippen LogP contribution in [0.3, 0.4) is 0 Å². The molecule has 0 unspecified atom stereocenters. The van der Waals surface area contributed by atoms with E-state index in [1.54, 1.807) is 29.1 Å². The van der Waals surface area contributed by atoms with Gasteiger partial charge in [-0.2, -0.15) is 0 Å². The van der Waals surface area contributed by atoms with Crippen LogP contribution in [0.1, 0.15) is 60.6 Å². The third-order valence-electron chi connectivity index (χ3n) is 5.82. The number of carbonyl (C=O) groups is 2. The van der Waals surface area contributed by atoms with Crippen molar-refractivity contribution in [1.82, 2.24) is 25.2 Å². The third-order valence-corrected chi connectivity index (χ3v) is 5.82. The molecule has 0 bridgehead atoms. The number of hydrogen-bond donors (Lipinski definition) is 1. The van der Waals surface area contributed by atoms with Gasteiger partial charge in [0.15, 0.2) is 5.69 Å². The molecule has 1 aromatic carbocycles. The fourth-order valence-corrected chi connectivity index (χ4v) is 4.15. The Morgan fingerprint density at radius 2 is 1.90 bits per heavy atom. The topological polar surface area (TPSA) is 80.1 Å². The van der Waals surface area contributed by atoms with Crippen molar-refractivity contribution in [2.75, 3.05) is 13.1 Å². The van der Waals surface area contributed by atoms with Crippen LogP contribution >= 0.6 is 0 Å². The Hall–Kier alpha value is -3.03. The molecule has 0 radical (unpaired) electrons. The maximum absolute atomic E-state index is 13.2. The second-order valence-corrected chi connectivity index (χ2v) is 7.99. The standard InChI is InChI=1S/C22H26FN5O2/c23-17-5-3-4-16(14-17)6-11-21(29)24-18-7-9-19(10-8-18)28-15-20(25-26-28)22(30)27-12-1-2-13-27/h3-6,11,14-15,18-19H,1-2,7-10,12-13H2,(H,24,29). The minimum atomic E-state index is -0.325. The maximum Gasteiger partial charge on any atom is 0.276 e. The summed E-state index contributed by atoms with van der Waals surface area (Å²) in [5.41, 5.74) is 1.06. The van der Waals surface area contributed by atoms with Gasteiger partial charge in [-0.05, 0) is 62.3 Å². The molecule has 4 rings (SSSR count). The maximum atomic E-state index is 13.2. The average Bonchev–Trinajstić information content (AvgIpc) is 3.45. The zero-order valence-corrected chi connectivity index (χ0v) is 16.8. The highest BCUT2D eigenvalue weighted by Crippen LogP contribution is 2.28. The second kappa shape index (κ2) is 9.19. The highest BCUT2D eigenvalue weighted by atomic mass is 19.1. The number of benzene rings is 1. The van der Waals surface area contributed by atoms with Gasteiger partial charge in [-0.3, -0.25) is 9.59 Å². The van der Waals surface area contributed by atoms with E-state index in [0.29, 0.717) is 11.3 Å². The lowest BCUT2D eigenvalue weighted by atomic mass is 9.91. The number of halogens is 1. The van der Waals surface area contributed by atoms with E-state index in [2.05, 4.69) is 15.6 Å². The van der Waals surface area contributed by atoms with E-state index >= 15 is 0 Å². The molecule has 1 aliphatic heterocycles. The van der Waals surface area contributed by atoms with Gasteiger partial charge in [-0.25, -0.2) is 9.07 Å². The summed E-state index contributed by atoms with van der Waals surface area (Å²) in [7, 11) is 0. The minimum Gasteiger partial charge on any atom is -0.350 e. The lowest BCUT2D eigenvalue weighted by Gasteiger charge is -2.28. The van der Waals surface area contributed by atoms with Crippen LogP contribution in [-0.2, 0) is 4.79 Å². The lowest BCUT2D eigenvalue weighted by molar-refractivity contribution is -0.117. The number of nitrogens with zero attached hydrogens (tertiary/aromatic N) is 4. The molecule has 2 fully saturated rings. The van der Waals surface area contributed by atoms with Gasteiger partial charge >= 0.3 is 0 Å². The van der Waals surface area contributed by atoms with Crippen molar-refractivity contribution in [3.63, 3.8) is 0 Å². The molecule has 1 N–H and O–H groups in total. The molecule has 158 valence electrons. The Morgan fingerprint density at radius 3 is 2.63 bits per heavy atom. The normalized spacial score (nSPS) is 21.8. The first-order valence-electron chi connectivity index (χ1n) is 10.5. The van der Waals surface area contributed by atoms with Crippen LogP contribution in [0.15, 0.2) is 36.5 Å². The molecule has 0 atom stereocenters. The van der Waals surface area contributed by atoms with Gasteiger partial charge in [0.1, 0.15) is 5.82 Å². The number of likely N-dealkylation sites (tertiary alicyclic amines) is 1. The molecule has 1 aliphatic carbocycles. The van der Waals surface area contributed by atoms with Crippen molar-refractivity contribution < 1.29 is 14.0 Å². The predicted octanol–water partition coefficient (Wildman–Crippen LogP) is 2.97. The number of amides is 2. The summed E-state index contributed by atoms with van der Waals surface area (Å²) in [6, 6.07) is 6.40. The first-order valence-corrected chi connectivity index (χ1v) is 10.5. The fourth-order valence-electron chi connectivity index (χ4n) is 4.15. The van der Waals surface area contributed by atoms with Crippen molar-refractivity contribution in [3.05, 3.63) is 53.6 Å². The van der Waals surface area contributed by atoms with Crippen LogP contribution in [0.5, 0.6) is 0 Å². The van der Waals surface area contributed by atoms with E-state index in [9.17, 15) is 14.0 Å². The minimum absolute atomic E-state index is 0.0372. The molecule has 2 amide bonds. The summed E-state index contributed by atoms with van der Waals surface area (Å²) in [4.78, 5) is 26.4. The molecule has 2 heterocycles. The number of rotatable bonds is 5. The van der Waals surface area contributed by atoms with E-state index in [-0.39, 0.29) is 29.7 Å². The summed E-state index contributed by atoms with van der Waals surface area (Å²) in [6.45, 7) is 1.59. The number of hydrogen-bond acceptors (Lipinski definition) is 4. The largest absolute Gasteiger partial charge is 0.350 e. The summed E-state index contributed by atoms with van der Waals surface area (Å²) in [5, 5.41) is 11.3. The highest BCUT2D eigenvalue weighted by molar-refractivity contribution is 5.92. The molecular formula is C22H26FN5O2. The van der Waals surface area contributed by atoms with Crippen LogP contribution < -0.4 is 5.32 Å². The van der Waals surface area contributed by atoms with Crippen LogP contribution in [0.25, 0.3) is 6.08 Å². The molecule has 8 heteroatoms. The Kier molecular flexibility index (Phi) is 6.21. The molecule has 30 heavy (non-hydrogen) atoms. The van der Waals surface area contributed by atoms with Gasteiger partial charge in [-0.1, -0.05) is 17.3 Å². The zero-order chi connectivity index (χ0) is 20.9. The average molecular weight is 411 g/mol. The molecule has 2 aliphatic rings. The van der Waals surface area contributed by atoms with E-state index in [1.807, 2.05) is 4.90 Å². The van der Waals surface area contributed by atoms with Crippen molar-refractivity contribution >= 4 is 17.9 Å². The Labute approximate surface area is 174 Å². The first kappa shape index (κ1) is 20.3. The fraction of sp³-hybridized carbons (Fsp3) is 0.455. The number of aromatic nitrogens is 3. The number of nitrogens with one attached hydrogen (secondary N) is 1. The van der Waals surface area contributed by atoms with Gasteiger partial charge in [0, 0.05) is 25.2 Å². The predicted molar refractivity (Wildman–Crippen MR) is 110 cm³/mol. The van der Waals surface area contributed by atoms with Crippen molar-refractivity contribution in [2.45, 2.75) is 50.6 Å². The van der Waals surface area contributed by atoms with Crippen LogP contribution in [0.2, 0.25) is 0 Å². The summed E-state index contributed by atoms with van der Waals surface area (Å²) >= 11 is 0.